The number of anilines is 1. The number of rotatable bonds is 10. The van der Waals surface area contributed by atoms with Gasteiger partial charge in [-0.3, -0.25) is 19.4 Å². The molecular formula is C31H42N4O7. The fraction of sp³-hybridized carbons (Fsp3) is 0.548. The molecule has 2 aromatic carbocycles. The summed E-state index contributed by atoms with van der Waals surface area (Å²) in [6.07, 6.45) is 0.128. The van der Waals surface area contributed by atoms with Crippen LogP contribution < -0.4 is 19.5 Å². The van der Waals surface area contributed by atoms with Crippen LogP contribution in [-0.4, -0.2) is 110 Å². The van der Waals surface area contributed by atoms with E-state index in [1.54, 1.807) is 23.1 Å². The van der Waals surface area contributed by atoms with Crippen LogP contribution in [0.25, 0.3) is 0 Å². The number of hydrogen-bond donors (Lipinski definition) is 2. The van der Waals surface area contributed by atoms with E-state index >= 15 is 0 Å². The maximum Gasteiger partial charge on any atom is 0.258 e. The summed E-state index contributed by atoms with van der Waals surface area (Å²) in [6, 6.07) is 10.8. The molecule has 0 aliphatic carbocycles. The summed E-state index contributed by atoms with van der Waals surface area (Å²) in [6.45, 7) is 9.39. The van der Waals surface area contributed by atoms with E-state index in [9.17, 15) is 14.7 Å². The third kappa shape index (κ3) is 7.33. The average molecular weight is 583 g/mol. The molecule has 0 radical (unpaired) electrons. The Hall–Kier alpha value is -3.38. The van der Waals surface area contributed by atoms with Gasteiger partial charge in [0, 0.05) is 57.3 Å². The third-order valence-corrected chi connectivity index (χ3v) is 8.09. The molecule has 0 aromatic heterocycles. The van der Waals surface area contributed by atoms with Gasteiger partial charge in [0.25, 0.3) is 5.91 Å². The van der Waals surface area contributed by atoms with E-state index in [1.807, 2.05) is 32.2 Å². The fourth-order valence-electron chi connectivity index (χ4n) is 5.55. The minimum absolute atomic E-state index is 0.00475. The van der Waals surface area contributed by atoms with Crippen molar-refractivity contribution in [3.05, 3.63) is 47.5 Å². The molecule has 3 heterocycles. The molecule has 0 saturated carbocycles. The van der Waals surface area contributed by atoms with Crippen LogP contribution in [0.15, 0.2) is 36.4 Å². The van der Waals surface area contributed by atoms with Gasteiger partial charge in [-0.05, 0) is 49.9 Å². The van der Waals surface area contributed by atoms with E-state index in [4.69, 9.17) is 18.9 Å². The number of nitrogens with one attached hydrogen (secondary N) is 1. The second-order valence-corrected chi connectivity index (χ2v) is 11.5. The lowest BCUT2D eigenvalue weighted by atomic mass is 9.99. The van der Waals surface area contributed by atoms with E-state index in [-0.39, 0.29) is 43.3 Å². The molecule has 2 aromatic rings. The summed E-state index contributed by atoms with van der Waals surface area (Å²) in [5.41, 5.74) is 2.01. The van der Waals surface area contributed by atoms with Crippen LogP contribution in [0.5, 0.6) is 17.2 Å². The fourth-order valence-corrected chi connectivity index (χ4v) is 5.55. The molecule has 1 fully saturated rings. The Morgan fingerprint density at radius 3 is 2.67 bits per heavy atom. The van der Waals surface area contributed by atoms with Crippen LogP contribution in [0.3, 0.4) is 0 Å². The van der Waals surface area contributed by atoms with E-state index in [2.05, 4.69) is 22.0 Å². The molecule has 42 heavy (non-hydrogen) atoms. The Kier molecular flexibility index (Phi) is 9.84. The molecule has 3 aliphatic rings. The standard InChI is InChI=1S/C31H42N4O7/c1-21-16-35(22(2)19-36)31(38)25-15-24(32-30(37)8-9-34-10-12-39-13-11-34)5-7-26(25)42-29(21)18-33(3)17-23-4-6-27-28(14-23)41-20-40-27/h4-7,14-15,21-22,29,36H,8-13,16-20H2,1-3H3,(H,32,37)/t21-,22-,29-/m1/s1. The highest BCUT2D eigenvalue weighted by Gasteiger charge is 2.33. The second-order valence-electron chi connectivity index (χ2n) is 11.5. The number of ether oxygens (including phenoxy) is 4. The van der Waals surface area contributed by atoms with Crippen LogP contribution >= 0.6 is 0 Å². The van der Waals surface area contributed by atoms with Crippen molar-refractivity contribution in [2.24, 2.45) is 5.92 Å². The molecule has 5 rings (SSSR count). The Morgan fingerprint density at radius 1 is 1.12 bits per heavy atom. The first-order chi connectivity index (χ1) is 20.3. The summed E-state index contributed by atoms with van der Waals surface area (Å²) < 4.78 is 22.9. The number of amides is 2. The maximum atomic E-state index is 13.7. The molecule has 3 aliphatic heterocycles. The second kappa shape index (κ2) is 13.7. The van der Waals surface area contributed by atoms with Gasteiger partial charge in [0.1, 0.15) is 11.9 Å². The van der Waals surface area contributed by atoms with Crippen LogP contribution in [0.4, 0.5) is 5.69 Å². The molecule has 3 atom stereocenters. The zero-order chi connectivity index (χ0) is 29.6. The topological polar surface area (TPSA) is 113 Å². The van der Waals surface area contributed by atoms with Crippen LogP contribution in [-0.2, 0) is 16.1 Å². The molecule has 2 amide bonds. The molecule has 2 N–H and O–H groups in total. The summed E-state index contributed by atoms with van der Waals surface area (Å²) in [5.74, 6) is 1.63. The Labute approximate surface area is 247 Å². The minimum atomic E-state index is -0.371. The Bertz CT molecular complexity index is 1250. The molecular weight excluding hydrogens is 540 g/mol. The number of morpholine rings is 1. The number of fused-ring (bicyclic) bond motifs is 2. The number of carbonyl (C=O) groups excluding carboxylic acids is 2. The lowest BCUT2D eigenvalue weighted by molar-refractivity contribution is -0.116. The van der Waals surface area contributed by atoms with Gasteiger partial charge in [-0.2, -0.15) is 0 Å². The van der Waals surface area contributed by atoms with Gasteiger partial charge in [-0.1, -0.05) is 13.0 Å². The van der Waals surface area contributed by atoms with Crippen molar-refractivity contribution in [3.63, 3.8) is 0 Å². The van der Waals surface area contributed by atoms with Gasteiger partial charge in [-0.25, -0.2) is 0 Å². The number of hydrogen-bond acceptors (Lipinski definition) is 9. The Balaban J connectivity index is 1.30. The predicted octanol–water partition coefficient (Wildman–Crippen LogP) is 2.43. The van der Waals surface area contributed by atoms with Crippen molar-refractivity contribution < 1.29 is 33.6 Å². The Morgan fingerprint density at radius 2 is 1.88 bits per heavy atom. The average Bonchev–Trinajstić information content (AvgIpc) is 3.46. The highest BCUT2D eigenvalue weighted by molar-refractivity contribution is 6.00. The van der Waals surface area contributed by atoms with Crippen LogP contribution in [0.1, 0.15) is 36.2 Å². The van der Waals surface area contributed by atoms with Crippen molar-refractivity contribution in [2.45, 2.75) is 39.0 Å². The van der Waals surface area contributed by atoms with Crippen molar-refractivity contribution in [1.29, 1.82) is 0 Å². The van der Waals surface area contributed by atoms with Crippen molar-refractivity contribution in [1.82, 2.24) is 14.7 Å². The van der Waals surface area contributed by atoms with Gasteiger partial charge < -0.3 is 34.3 Å². The highest BCUT2D eigenvalue weighted by Crippen LogP contribution is 2.33. The minimum Gasteiger partial charge on any atom is -0.488 e. The van der Waals surface area contributed by atoms with Gasteiger partial charge in [-0.15, -0.1) is 0 Å². The maximum absolute atomic E-state index is 13.7. The summed E-state index contributed by atoms with van der Waals surface area (Å²) in [4.78, 5) is 32.6. The van der Waals surface area contributed by atoms with E-state index in [0.717, 1.165) is 30.2 Å². The number of nitrogens with zero attached hydrogens (tertiary/aromatic N) is 3. The van der Waals surface area contributed by atoms with Crippen molar-refractivity contribution >= 4 is 17.5 Å². The van der Waals surface area contributed by atoms with Crippen molar-refractivity contribution in [2.75, 3.05) is 71.7 Å². The predicted molar refractivity (Wildman–Crippen MR) is 157 cm³/mol. The number of aliphatic hydroxyl groups excluding tert-OH is 1. The summed E-state index contributed by atoms with van der Waals surface area (Å²) >= 11 is 0. The van der Waals surface area contributed by atoms with Gasteiger partial charge in [0.2, 0.25) is 12.7 Å². The lowest BCUT2D eigenvalue weighted by Crippen LogP contribution is -2.49. The van der Waals surface area contributed by atoms with E-state index in [1.165, 1.54) is 0 Å². The molecule has 0 unspecified atom stereocenters. The number of aliphatic hydroxyl groups is 1. The summed E-state index contributed by atoms with van der Waals surface area (Å²) in [7, 11) is 2.04. The van der Waals surface area contributed by atoms with Crippen LogP contribution in [0.2, 0.25) is 0 Å². The molecule has 1 saturated heterocycles. The molecule has 0 spiro atoms. The smallest absolute Gasteiger partial charge is 0.258 e. The monoisotopic (exact) mass is 582 g/mol. The molecule has 0 bridgehead atoms. The molecule has 11 heteroatoms. The van der Waals surface area contributed by atoms with E-state index < -0.39 is 0 Å². The number of benzene rings is 2. The normalized spacial score (nSPS) is 21.4. The SMILES string of the molecule is C[C@@H]1CN([C@H](C)CO)C(=O)c2cc(NC(=O)CCN3CCOCC3)ccc2O[C@@H]1CN(C)Cc1ccc2c(c1)OCO2. The molecule has 228 valence electrons. The van der Waals surface area contributed by atoms with Gasteiger partial charge in [0.05, 0.1) is 31.4 Å². The van der Waals surface area contributed by atoms with Crippen LogP contribution in [0, 0.1) is 5.92 Å². The zero-order valence-corrected chi connectivity index (χ0v) is 24.7. The first-order valence-electron chi connectivity index (χ1n) is 14.7. The molecule has 11 nitrogen and oxygen atoms in total. The first kappa shape index (κ1) is 30.1. The number of likely N-dealkylation sites (N-methyl/N-ethyl adjacent to an activating group) is 1. The third-order valence-electron chi connectivity index (χ3n) is 8.09. The first-order valence-corrected chi connectivity index (χ1v) is 14.7. The lowest BCUT2D eigenvalue weighted by Gasteiger charge is -2.38. The van der Waals surface area contributed by atoms with E-state index in [0.29, 0.717) is 62.8 Å². The number of carbonyl (C=O) groups is 2. The van der Waals surface area contributed by atoms with Crippen molar-refractivity contribution in [3.8, 4) is 17.2 Å². The quantitative estimate of drug-likeness (QED) is 0.436. The van der Waals surface area contributed by atoms with Gasteiger partial charge >= 0.3 is 0 Å². The van der Waals surface area contributed by atoms with Gasteiger partial charge in [0.15, 0.2) is 11.5 Å². The largest absolute Gasteiger partial charge is 0.488 e. The summed E-state index contributed by atoms with van der Waals surface area (Å²) in [5, 5.41) is 12.9. The zero-order valence-electron chi connectivity index (χ0n) is 24.7. The highest BCUT2D eigenvalue weighted by atomic mass is 16.7.